The molecule has 0 saturated carbocycles. The molecule has 1 aromatic carbocycles. The maximum Gasteiger partial charge on any atom is 0.234 e. The van der Waals surface area contributed by atoms with Gasteiger partial charge in [0.15, 0.2) is 0 Å². The Kier molecular flexibility index (Phi) is 4.70. The molecular weight excluding hydrogens is 352 g/mol. The molecule has 26 heavy (non-hydrogen) atoms. The summed E-state index contributed by atoms with van der Waals surface area (Å²) in [7, 11) is 1.67. The highest BCUT2D eigenvalue weighted by atomic mass is 32.1. The number of hydrogen-bond acceptors (Lipinski definition) is 7. The fourth-order valence-corrected chi connectivity index (χ4v) is 3.89. The van der Waals surface area contributed by atoms with Crippen molar-refractivity contribution in [3.8, 4) is 5.75 Å². The van der Waals surface area contributed by atoms with Crippen LogP contribution in [0.5, 0.6) is 5.75 Å². The first-order valence-corrected chi connectivity index (χ1v) is 9.37. The summed E-state index contributed by atoms with van der Waals surface area (Å²) in [6.07, 6.45) is 2.70. The van der Waals surface area contributed by atoms with Crippen molar-refractivity contribution in [1.82, 2.24) is 24.7 Å². The second-order valence-electron chi connectivity index (χ2n) is 6.12. The first-order chi connectivity index (χ1) is 12.7. The van der Waals surface area contributed by atoms with Crippen molar-refractivity contribution >= 4 is 27.9 Å². The summed E-state index contributed by atoms with van der Waals surface area (Å²) in [4.78, 5) is 17.5. The van der Waals surface area contributed by atoms with Crippen molar-refractivity contribution in [2.45, 2.75) is 12.8 Å². The third kappa shape index (κ3) is 3.48. The molecule has 0 atom stereocenters. The van der Waals surface area contributed by atoms with E-state index in [-0.39, 0.29) is 5.91 Å². The van der Waals surface area contributed by atoms with Gasteiger partial charge in [0.1, 0.15) is 17.1 Å². The summed E-state index contributed by atoms with van der Waals surface area (Å²) in [6.45, 7) is 3.18. The molecule has 4 rings (SSSR count). The predicted molar refractivity (Wildman–Crippen MR) is 98.8 cm³/mol. The predicted octanol–water partition coefficient (Wildman–Crippen LogP) is 1.48. The topological polar surface area (TPSA) is 75.9 Å². The van der Waals surface area contributed by atoms with Crippen LogP contribution < -0.4 is 9.64 Å². The lowest BCUT2D eigenvalue weighted by molar-refractivity contribution is -0.131. The molecule has 0 aliphatic carbocycles. The van der Waals surface area contributed by atoms with Crippen molar-refractivity contribution in [2.75, 3.05) is 38.2 Å². The van der Waals surface area contributed by atoms with Gasteiger partial charge in [-0.05, 0) is 24.3 Å². The molecule has 1 fully saturated rings. The molecule has 1 amide bonds. The first-order valence-electron chi connectivity index (χ1n) is 8.55. The summed E-state index contributed by atoms with van der Waals surface area (Å²) >= 11 is 1.48. The van der Waals surface area contributed by atoms with Crippen LogP contribution in [0.1, 0.15) is 11.4 Å². The number of fused-ring (bicyclic) bond motifs is 1. The van der Waals surface area contributed by atoms with E-state index in [0.717, 1.165) is 47.6 Å². The summed E-state index contributed by atoms with van der Waals surface area (Å²) in [5, 5.41) is 13.0. The van der Waals surface area contributed by atoms with E-state index in [0.29, 0.717) is 12.8 Å². The SMILES string of the molecule is COc1ccc(N2CCN(C(=O)CCc3nn4cnnc4s3)CC2)cc1. The second-order valence-corrected chi connectivity index (χ2v) is 7.16. The number of piperazine rings is 1. The Morgan fingerprint density at radius 2 is 1.96 bits per heavy atom. The zero-order valence-corrected chi connectivity index (χ0v) is 15.4. The highest BCUT2D eigenvalue weighted by Crippen LogP contribution is 2.21. The Hall–Kier alpha value is -2.68. The zero-order chi connectivity index (χ0) is 17.9. The molecule has 2 aromatic heterocycles. The Morgan fingerprint density at radius 3 is 2.65 bits per heavy atom. The lowest BCUT2D eigenvalue weighted by Gasteiger charge is -2.36. The molecule has 3 heterocycles. The van der Waals surface area contributed by atoms with Crippen molar-refractivity contribution in [1.29, 1.82) is 0 Å². The lowest BCUT2D eigenvalue weighted by atomic mass is 10.2. The largest absolute Gasteiger partial charge is 0.497 e. The van der Waals surface area contributed by atoms with E-state index in [1.807, 2.05) is 17.0 Å². The number of aromatic nitrogens is 4. The van der Waals surface area contributed by atoms with Gasteiger partial charge in [-0.15, -0.1) is 10.2 Å². The molecule has 1 saturated heterocycles. The highest BCUT2D eigenvalue weighted by Gasteiger charge is 2.21. The van der Waals surface area contributed by atoms with Crippen molar-refractivity contribution in [3.63, 3.8) is 0 Å². The quantitative estimate of drug-likeness (QED) is 0.675. The van der Waals surface area contributed by atoms with Crippen LogP contribution >= 0.6 is 11.3 Å². The minimum atomic E-state index is 0.186. The fourth-order valence-electron chi connectivity index (χ4n) is 3.08. The number of amides is 1. The molecule has 136 valence electrons. The van der Waals surface area contributed by atoms with Gasteiger partial charge in [-0.2, -0.15) is 9.61 Å². The number of ether oxygens (including phenoxy) is 1. The zero-order valence-electron chi connectivity index (χ0n) is 14.5. The van der Waals surface area contributed by atoms with Gasteiger partial charge in [-0.25, -0.2) is 0 Å². The van der Waals surface area contributed by atoms with Crippen LogP contribution in [0.3, 0.4) is 0 Å². The molecule has 0 N–H and O–H groups in total. The van der Waals surface area contributed by atoms with E-state index in [1.165, 1.54) is 11.3 Å². The number of benzene rings is 1. The van der Waals surface area contributed by atoms with E-state index in [9.17, 15) is 4.79 Å². The van der Waals surface area contributed by atoms with Gasteiger partial charge in [-0.3, -0.25) is 4.79 Å². The number of carbonyl (C=O) groups is 1. The van der Waals surface area contributed by atoms with Gasteiger partial charge in [-0.1, -0.05) is 11.3 Å². The van der Waals surface area contributed by atoms with E-state index in [4.69, 9.17) is 4.74 Å². The first kappa shape index (κ1) is 16.8. The minimum absolute atomic E-state index is 0.186. The minimum Gasteiger partial charge on any atom is -0.497 e. The normalized spacial score (nSPS) is 14.8. The van der Waals surface area contributed by atoms with E-state index in [2.05, 4.69) is 32.3 Å². The molecule has 0 bridgehead atoms. The number of methoxy groups -OCH3 is 1. The third-order valence-corrected chi connectivity index (χ3v) is 5.52. The third-order valence-electron chi connectivity index (χ3n) is 4.55. The maximum atomic E-state index is 12.5. The van der Waals surface area contributed by atoms with Gasteiger partial charge in [0.05, 0.1) is 7.11 Å². The van der Waals surface area contributed by atoms with Crippen LogP contribution in [-0.4, -0.2) is 63.9 Å². The number of anilines is 1. The van der Waals surface area contributed by atoms with Crippen LogP contribution in [0, 0.1) is 0 Å². The summed E-state index contributed by atoms with van der Waals surface area (Å²) in [5.74, 6) is 1.04. The summed E-state index contributed by atoms with van der Waals surface area (Å²) in [5.41, 5.74) is 1.16. The molecule has 3 aromatic rings. The van der Waals surface area contributed by atoms with Gasteiger partial charge in [0, 0.05) is 44.7 Å². The molecule has 1 aliphatic rings. The Morgan fingerprint density at radius 1 is 1.19 bits per heavy atom. The standard InChI is InChI=1S/C17H20N6O2S/c1-25-14-4-2-13(3-5-14)21-8-10-22(11-9-21)16(24)7-6-15-20-23-12-18-19-17(23)26-15/h2-5,12H,6-11H2,1H3. The number of nitrogens with zero attached hydrogens (tertiary/aromatic N) is 6. The van der Waals surface area contributed by atoms with Crippen LogP contribution in [0.2, 0.25) is 0 Å². The van der Waals surface area contributed by atoms with Crippen LogP contribution in [0.4, 0.5) is 5.69 Å². The van der Waals surface area contributed by atoms with E-state index < -0.39 is 0 Å². The van der Waals surface area contributed by atoms with Gasteiger partial charge < -0.3 is 14.5 Å². The monoisotopic (exact) mass is 372 g/mol. The van der Waals surface area contributed by atoms with E-state index >= 15 is 0 Å². The molecule has 0 spiro atoms. The van der Waals surface area contributed by atoms with Crippen molar-refractivity contribution in [3.05, 3.63) is 35.6 Å². The Labute approximate surface area is 155 Å². The van der Waals surface area contributed by atoms with E-state index in [1.54, 1.807) is 18.0 Å². The number of aryl methyl sites for hydroxylation is 1. The van der Waals surface area contributed by atoms with Gasteiger partial charge in [0.2, 0.25) is 10.9 Å². The highest BCUT2D eigenvalue weighted by molar-refractivity contribution is 7.16. The average molecular weight is 372 g/mol. The average Bonchev–Trinajstić information content (AvgIpc) is 3.28. The van der Waals surface area contributed by atoms with Crippen LogP contribution in [0.25, 0.3) is 4.96 Å². The van der Waals surface area contributed by atoms with Crippen LogP contribution in [0.15, 0.2) is 30.6 Å². The summed E-state index contributed by atoms with van der Waals surface area (Å²) < 4.78 is 6.85. The molecule has 1 aliphatic heterocycles. The summed E-state index contributed by atoms with van der Waals surface area (Å²) in [6, 6.07) is 8.05. The maximum absolute atomic E-state index is 12.5. The Balaban J connectivity index is 1.28. The lowest BCUT2D eigenvalue weighted by Crippen LogP contribution is -2.48. The molecule has 8 nitrogen and oxygen atoms in total. The molecule has 0 unspecified atom stereocenters. The molecule has 9 heteroatoms. The molecule has 0 radical (unpaired) electrons. The number of carbonyl (C=O) groups excluding carboxylic acids is 1. The number of hydrogen-bond donors (Lipinski definition) is 0. The number of rotatable bonds is 5. The van der Waals surface area contributed by atoms with Crippen molar-refractivity contribution in [2.24, 2.45) is 0 Å². The van der Waals surface area contributed by atoms with Gasteiger partial charge >= 0.3 is 0 Å². The second kappa shape index (κ2) is 7.28. The fraction of sp³-hybridized carbons (Fsp3) is 0.412. The smallest absolute Gasteiger partial charge is 0.234 e. The Bertz CT molecular complexity index is 854. The van der Waals surface area contributed by atoms with Gasteiger partial charge in [0.25, 0.3) is 0 Å². The van der Waals surface area contributed by atoms with Crippen LogP contribution in [-0.2, 0) is 11.2 Å². The van der Waals surface area contributed by atoms with Crippen molar-refractivity contribution < 1.29 is 9.53 Å². The molecular formula is C17H20N6O2S.